The standard InChI is InChI=1S/C33H37N9O3/c1-43-31-3-2-23(13-37-31)17-41-25-10-26(41)19-40(18-25)30-16-35-29(15-36-30)28-11-27(20-42-32(28)24(12-34)14-38-42)45-9-8-39-6-4-33(5-7-39)21-44-22-33/h2-3,11,13-16,20,25-26H,4-10,17-19,21-22H2,1H3. The molecule has 2 atom stereocenters. The van der Waals surface area contributed by atoms with Gasteiger partial charge in [0.1, 0.15) is 24.2 Å². The van der Waals surface area contributed by atoms with Crippen LogP contribution in [0.3, 0.4) is 0 Å². The lowest BCUT2D eigenvalue weighted by atomic mass is 9.77. The lowest BCUT2D eigenvalue weighted by Crippen LogP contribution is -2.68. The number of ether oxygens (including phenoxy) is 3. The molecule has 45 heavy (non-hydrogen) atoms. The van der Waals surface area contributed by atoms with Gasteiger partial charge in [0.25, 0.3) is 0 Å². The molecule has 2 unspecified atom stereocenters. The highest BCUT2D eigenvalue weighted by Gasteiger charge is 2.45. The van der Waals surface area contributed by atoms with Crippen molar-refractivity contribution in [3.63, 3.8) is 0 Å². The normalized spacial score (nSPS) is 22.5. The van der Waals surface area contributed by atoms with Crippen molar-refractivity contribution < 1.29 is 14.2 Å². The number of aromatic nitrogens is 5. The van der Waals surface area contributed by atoms with Crippen LogP contribution in [0, 0.1) is 16.7 Å². The van der Waals surface area contributed by atoms with Crippen molar-refractivity contribution in [2.75, 3.05) is 64.6 Å². The molecule has 5 aliphatic heterocycles. The van der Waals surface area contributed by atoms with E-state index in [9.17, 15) is 5.26 Å². The Hall–Kier alpha value is -4.31. The molecule has 12 nitrogen and oxygen atoms in total. The average molecular weight is 608 g/mol. The Labute approximate surface area is 262 Å². The van der Waals surface area contributed by atoms with Crippen LogP contribution in [-0.4, -0.2) is 106 Å². The van der Waals surface area contributed by atoms with Crippen molar-refractivity contribution >= 4 is 11.3 Å². The van der Waals surface area contributed by atoms with E-state index in [4.69, 9.17) is 24.2 Å². The SMILES string of the molecule is COc1ccc(CN2C3CC2CN(c2cnc(-c4cc(OCCN5CCC6(CC5)COC6)cn5ncc(C#N)c45)cn2)C3)cn1. The van der Waals surface area contributed by atoms with Gasteiger partial charge in [-0.2, -0.15) is 10.4 Å². The molecule has 4 aromatic rings. The monoisotopic (exact) mass is 607 g/mol. The molecule has 5 aliphatic rings. The van der Waals surface area contributed by atoms with Gasteiger partial charge in [0.2, 0.25) is 5.88 Å². The maximum absolute atomic E-state index is 9.79. The second-order valence-corrected chi connectivity index (χ2v) is 12.8. The van der Waals surface area contributed by atoms with Crippen molar-refractivity contribution in [1.82, 2.24) is 34.4 Å². The third-order valence-corrected chi connectivity index (χ3v) is 10.1. The third-order valence-electron chi connectivity index (χ3n) is 10.1. The fourth-order valence-electron chi connectivity index (χ4n) is 7.27. The quantitative estimate of drug-likeness (QED) is 0.280. The summed E-state index contributed by atoms with van der Waals surface area (Å²) in [4.78, 5) is 21.4. The summed E-state index contributed by atoms with van der Waals surface area (Å²) in [5.41, 5.74) is 4.29. The number of methoxy groups -OCH3 is 1. The molecule has 0 N–H and O–H groups in total. The Bertz CT molecular complexity index is 1690. The van der Waals surface area contributed by atoms with Gasteiger partial charge in [0, 0.05) is 61.5 Å². The first-order valence-electron chi connectivity index (χ1n) is 15.8. The fourth-order valence-corrected chi connectivity index (χ4v) is 7.27. The van der Waals surface area contributed by atoms with E-state index in [0.717, 1.165) is 63.9 Å². The molecule has 2 bridgehead atoms. The molecular formula is C33H37N9O3. The summed E-state index contributed by atoms with van der Waals surface area (Å²) < 4.78 is 18.6. The minimum atomic E-state index is 0.428. The van der Waals surface area contributed by atoms with Gasteiger partial charge >= 0.3 is 0 Å². The maximum Gasteiger partial charge on any atom is 0.212 e. The van der Waals surface area contributed by atoms with E-state index in [1.54, 1.807) is 24.0 Å². The number of hydrogen-bond acceptors (Lipinski definition) is 11. The van der Waals surface area contributed by atoms with Crippen LogP contribution >= 0.6 is 0 Å². The van der Waals surface area contributed by atoms with Gasteiger partial charge in [-0.25, -0.2) is 14.5 Å². The first-order valence-corrected chi connectivity index (χ1v) is 15.8. The number of piperazine rings is 1. The van der Waals surface area contributed by atoms with Crippen LogP contribution in [0.2, 0.25) is 0 Å². The molecule has 12 heteroatoms. The van der Waals surface area contributed by atoms with Crippen LogP contribution in [0.4, 0.5) is 5.82 Å². The largest absolute Gasteiger partial charge is 0.491 e. The van der Waals surface area contributed by atoms with Gasteiger partial charge in [-0.05, 0) is 44.0 Å². The number of nitrogens with zero attached hydrogens (tertiary/aromatic N) is 9. The molecule has 9 rings (SSSR count). The first-order chi connectivity index (χ1) is 22.1. The number of piperidine rings is 2. The van der Waals surface area contributed by atoms with Gasteiger partial charge < -0.3 is 19.1 Å². The molecule has 5 saturated heterocycles. The second-order valence-electron chi connectivity index (χ2n) is 12.8. The van der Waals surface area contributed by atoms with Gasteiger partial charge in [0.15, 0.2) is 0 Å². The molecule has 5 fully saturated rings. The van der Waals surface area contributed by atoms with Crippen LogP contribution in [0.15, 0.2) is 49.2 Å². The number of anilines is 1. The van der Waals surface area contributed by atoms with Gasteiger partial charge in [-0.3, -0.25) is 14.8 Å². The highest BCUT2D eigenvalue weighted by atomic mass is 16.5. The molecule has 0 aliphatic carbocycles. The van der Waals surface area contributed by atoms with E-state index in [0.29, 0.717) is 52.5 Å². The van der Waals surface area contributed by atoms with Gasteiger partial charge in [0.05, 0.1) is 61.9 Å². The molecule has 0 amide bonds. The van der Waals surface area contributed by atoms with Crippen molar-refractivity contribution in [3.8, 4) is 29.0 Å². The third kappa shape index (κ3) is 5.35. The summed E-state index contributed by atoms with van der Waals surface area (Å²) in [6, 6.07) is 9.19. The zero-order chi connectivity index (χ0) is 30.4. The molecule has 9 heterocycles. The van der Waals surface area contributed by atoms with Gasteiger partial charge in [-0.1, -0.05) is 6.07 Å². The Kier molecular flexibility index (Phi) is 7.24. The number of likely N-dealkylation sites (tertiary alicyclic amines) is 1. The minimum absolute atomic E-state index is 0.428. The van der Waals surface area contributed by atoms with Crippen LogP contribution in [-0.2, 0) is 11.3 Å². The Morgan fingerprint density at radius 3 is 2.56 bits per heavy atom. The molecular weight excluding hydrogens is 570 g/mol. The molecule has 1 spiro atoms. The summed E-state index contributed by atoms with van der Waals surface area (Å²) in [5, 5.41) is 14.2. The Morgan fingerprint density at radius 2 is 1.89 bits per heavy atom. The van der Waals surface area contributed by atoms with Crippen LogP contribution in [0.1, 0.15) is 30.4 Å². The van der Waals surface area contributed by atoms with E-state index in [2.05, 4.69) is 36.9 Å². The first kappa shape index (κ1) is 28.2. The zero-order valence-electron chi connectivity index (χ0n) is 25.5. The number of fused-ring (bicyclic) bond motifs is 3. The minimum Gasteiger partial charge on any atom is -0.491 e. The smallest absolute Gasteiger partial charge is 0.212 e. The molecule has 0 aromatic carbocycles. The Balaban J connectivity index is 0.936. The number of pyridine rings is 2. The van der Waals surface area contributed by atoms with E-state index in [1.165, 1.54) is 24.8 Å². The summed E-state index contributed by atoms with van der Waals surface area (Å²) in [7, 11) is 1.64. The van der Waals surface area contributed by atoms with Crippen molar-refractivity contribution in [2.24, 2.45) is 5.41 Å². The van der Waals surface area contributed by atoms with Crippen molar-refractivity contribution in [1.29, 1.82) is 5.26 Å². The second kappa shape index (κ2) is 11.6. The highest BCUT2D eigenvalue weighted by molar-refractivity contribution is 5.83. The predicted octanol–water partition coefficient (Wildman–Crippen LogP) is 3.02. The van der Waals surface area contributed by atoms with Crippen molar-refractivity contribution in [2.45, 2.75) is 37.9 Å². The molecule has 4 aromatic heterocycles. The van der Waals surface area contributed by atoms with Gasteiger partial charge in [-0.15, -0.1) is 0 Å². The van der Waals surface area contributed by atoms with E-state index in [-0.39, 0.29) is 0 Å². The molecule has 0 radical (unpaired) electrons. The van der Waals surface area contributed by atoms with E-state index in [1.807, 2.05) is 30.7 Å². The fraction of sp³-hybridized carbons (Fsp3) is 0.485. The lowest BCUT2D eigenvalue weighted by molar-refractivity contribution is -0.139. The zero-order valence-corrected chi connectivity index (χ0v) is 25.5. The van der Waals surface area contributed by atoms with E-state index < -0.39 is 0 Å². The van der Waals surface area contributed by atoms with Crippen LogP contribution in [0.5, 0.6) is 11.6 Å². The summed E-state index contributed by atoms with van der Waals surface area (Å²) in [5.74, 6) is 2.20. The molecule has 0 saturated carbocycles. The summed E-state index contributed by atoms with van der Waals surface area (Å²) >= 11 is 0. The summed E-state index contributed by atoms with van der Waals surface area (Å²) in [6.07, 6.45) is 12.6. The van der Waals surface area contributed by atoms with Crippen molar-refractivity contribution in [3.05, 3.63) is 60.3 Å². The average Bonchev–Trinajstić information content (AvgIpc) is 3.50. The van der Waals surface area contributed by atoms with Crippen LogP contribution in [0.25, 0.3) is 16.8 Å². The van der Waals surface area contributed by atoms with E-state index >= 15 is 0 Å². The number of nitriles is 1. The topological polar surface area (TPSA) is 117 Å². The molecule has 232 valence electrons. The van der Waals surface area contributed by atoms with Crippen LogP contribution < -0.4 is 14.4 Å². The lowest BCUT2D eigenvalue weighted by Gasteiger charge is -2.56. The Morgan fingerprint density at radius 1 is 1.04 bits per heavy atom. The summed E-state index contributed by atoms with van der Waals surface area (Å²) in [6.45, 7) is 8.16. The number of hydrogen-bond donors (Lipinski definition) is 0. The predicted molar refractivity (Wildman–Crippen MR) is 166 cm³/mol. The number of rotatable bonds is 9. The highest BCUT2D eigenvalue weighted by Crippen LogP contribution is 2.39. The maximum atomic E-state index is 9.79.